The summed E-state index contributed by atoms with van der Waals surface area (Å²) in [7, 11) is 0. The van der Waals surface area contributed by atoms with E-state index in [1.807, 2.05) is 0 Å². The number of carbonyl (C=O) groups excluding carboxylic acids is 2. The van der Waals surface area contributed by atoms with Gasteiger partial charge in [0, 0.05) is 12.0 Å². The minimum Gasteiger partial charge on any atom is -0.550 e. The van der Waals surface area contributed by atoms with Crippen LogP contribution in [0.3, 0.4) is 0 Å². The molecule has 0 heterocycles. The van der Waals surface area contributed by atoms with E-state index in [0.29, 0.717) is 0 Å². The molecule has 0 spiro atoms. The summed E-state index contributed by atoms with van der Waals surface area (Å²) in [4.78, 5) is 19.6. The van der Waals surface area contributed by atoms with Crippen LogP contribution in [0, 0.1) is 0 Å². The Morgan fingerprint density at radius 1 is 1.15 bits per heavy atom. The first-order valence-electron chi connectivity index (χ1n) is 2.70. The molecular formula is C5H7K3NO4+. The first kappa shape index (κ1) is 25.6. The fourth-order valence-electron chi connectivity index (χ4n) is 0.391. The Morgan fingerprint density at radius 2 is 1.54 bits per heavy atom. The van der Waals surface area contributed by atoms with Crippen molar-refractivity contribution in [1.29, 1.82) is 0 Å². The summed E-state index contributed by atoms with van der Waals surface area (Å²) in [5.74, 6) is -2.75. The molecule has 0 amide bonds. The summed E-state index contributed by atoms with van der Waals surface area (Å²) >= 11 is 0. The zero-order valence-electron chi connectivity index (χ0n) is 8.20. The Bertz CT molecular complexity index is 155. The average molecular weight is 262 g/mol. The van der Waals surface area contributed by atoms with Crippen molar-refractivity contribution in [2.45, 2.75) is 18.9 Å². The van der Waals surface area contributed by atoms with Gasteiger partial charge in [-0.05, 0) is 12.8 Å². The van der Waals surface area contributed by atoms with Crippen LogP contribution in [0.2, 0.25) is 0 Å². The van der Waals surface area contributed by atoms with Gasteiger partial charge in [-0.1, -0.05) is 0 Å². The maximum atomic E-state index is 9.86. The number of rotatable bonds is 4. The third-order valence-corrected chi connectivity index (χ3v) is 0.962. The largest absolute Gasteiger partial charge is 1.00 e. The van der Waals surface area contributed by atoms with Crippen LogP contribution in [0.25, 0.3) is 0 Å². The maximum absolute atomic E-state index is 9.86. The zero-order chi connectivity index (χ0) is 8.15. The molecule has 0 aromatic heterocycles. The first-order valence-corrected chi connectivity index (χ1v) is 2.70. The SMILES string of the molecule is N[C@@H](CCC(=O)[O-])C(=O)[O-].[K+].[K+].[K+]. The molecule has 58 valence electrons. The van der Waals surface area contributed by atoms with Gasteiger partial charge in [0.05, 0.1) is 5.97 Å². The molecular weight excluding hydrogens is 255 g/mol. The molecule has 0 aromatic rings. The van der Waals surface area contributed by atoms with Crippen molar-refractivity contribution in [2.75, 3.05) is 0 Å². The molecule has 0 radical (unpaired) electrons. The molecule has 1 atom stereocenters. The third-order valence-electron chi connectivity index (χ3n) is 0.962. The van der Waals surface area contributed by atoms with E-state index in [1.54, 1.807) is 0 Å². The summed E-state index contributed by atoms with van der Waals surface area (Å²) in [6.07, 6.45) is -0.500. The Morgan fingerprint density at radius 3 is 1.77 bits per heavy atom. The topological polar surface area (TPSA) is 106 Å². The molecule has 0 rings (SSSR count). The fourth-order valence-corrected chi connectivity index (χ4v) is 0.391. The zero-order valence-corrected chi connectivity index (χ0v) is 17.6. The van der Waals surface area contributed by atoms with E-state index in [4.69, 9.17) is 5.73 Å². The van der Waals surface area contributed by atoms with Gasteiger partial charge in [0.2, 0.25) is 0 Å². The number of carboxylic acid groups (broad SMARTS) is 2. The normalized spacial score (nSPS) is 9.62. The summed E-state index contributed by atoms with van der Waals surface area (Å²) in [6.45, 7) is 0. The van der Waals surface area contributed by atoms with E-state index in [2.05, 4.69) is 0 Å². The van der Waals surface area contributed by atoms with Gasteiger partial charge in [-0.25, -0.2) is 0 Å². The smallest absolute Gasteiger partial charge is 0.550 e. The second kappa shape index (κ2) is 15.8. The van der Waals surface area contributed by atoms with Crippen molar-refractivity contribution in [3.05, 3.63) is 0 Å². The van der Waals surface area contributed by atoms with Gasteiger partial charge in [0.1, 0.15) is 0 Å². The quantitative estimate of drug-likeness (QED) is 0.506. The summed E-state index contributed by atoms with van der Waals surface area (Å²) in [6, 6.07) is -1.21. The van der Waals surface area contributed by atoms with E-state index < -0.39 is 18.0 Å². The van der Waals surface area contributed by atoms with Crippen LogP contribution < -0.4 is 170 Å². The average Bonchev–Trinajstić information content (AvgIpc) is 1.82. The predicted octanol–water partition coefficient (Wildman–Crippen LogP) is -12.4. The molecule has 0 aliphatic carbocycles. The predicted molar refractivity (Wildman–Crippen MR) is 27.2 cm³/mol. The Kier molecular flexibility index (Phi) is 31.1. The van der Waals surface area contributed by atoms with Crippen molar-refractivity contribution in [2.24, 2.45) is 5.73 Å². The van der Waals surface area contributed by atoms with E-state index in [9.17, 15) is 19.8 Å². The number of carbonyl (C=O) groups is 2. The standard InChI is InChI=1S/C5H9NO4.3K/c6-3(5(9)10)1-2-4(7)8;;;/h3H,1-2,6H2,(H,7,8)(H,9,10);;;/q;3*+1/p-2/t3-;;;/m0.../s1. The molecule has 0 aromatic carbocycles. The molecule has 0 unspecified atom stereocenters. The second-order valence-corrected chi connectivity index (χ2v) is 1.84. The monoisotopic (exact) mass is 262 g/mol. The van der Waals surface area contributed by atoms with Crippen LogP contribution in [0.1, 0.15) is 12.8 Å². The van der Waals surface area contributed by atoms with Gasteiger partial charge in [0.25, 0.3) is 0 Å². The molecule has 0 aliphatic rings. The number of hydrogen-bond acceptors (Lipinski definition) is 5. The van der Waals surface area contributed by atoms with Crippen LogP contribution in [0.5, 0.6) is 0 Å². The molecule has 0 bridgehead atoms. The Labute approximate surface area is 204 Å². The number of aliphatic carboxylic acids is 2. The molecule has 2 N–H and O–H groups in total. The second-order valence-electron chi connectivity index (χ2n) is 1.84. The van der Waals surface area contributed by atoms with E-state index in [-0.39, 0.29) is 167 Å². The summed E-state index contributed by atoms with van der Waals surface area (Å²) < 4.78 is 0. The molecule has 0 saturated heterocycles. The van der Waals surface area contributed by atoms with Gasteiger partial charge < -0.3 is 25.5 Å². The van der Waals surface area contributed by atoms with E-state index in [1.165, 1.54) is 0 Å². The van der Waals surface area contributed by atoms with Crippen LogP contribution >= 0.6 is 0 Å². The van der Waals surface area contributed by atoms with E-state index >= 15 is 0 Å². The summed E-state index contributed by atoms with van der Waals surface area (Å²) in [5, 5.41) is 19.6. The number of hydrogen-bond donors (Lipinski definition) is 1. The minimum absolute atomic E-state index is 0. The van der Waals surface area contributed by atoms with Gasteiger partial charge in [0.15, 0.2) is 0 Å². The molecule has 13 heavy (non-hydrogen) atoms. The van der Waals surface area contributed by atoms with Gasteiger partial charge >= 0.3 is 154 Å². The summed E-state index contributed by atoms with van der Waals surface area (Å²) in [5.41, 5.74) is 4.91. The van der Waals surface area contributed by atoms with E-state index in [0.717, 1.165) is 0 Å². The van der Waals surface area contributed by atoms with Crippen molar-refractivity contribution in [3.63, 3.8) is 0 Å². The maximum Gasteiger partial charge on any atom is 1.00 e. The van der Waals surface area contributed by atoms with Gasteiger partial charge in [-0.3, -0.25) is 0 Å². The minimum atomic E-state index is -1.44. The van der Waals surface area contributed by atoms with Crippen LogP contribution in [-0.2, 0) is 9.59 Å². The Hall–Kier alpha value is 3.81. The molecule has 5 nitrogen and oxygen atoms in total. The van der Waals surface area contributed by atoms with Gasteiger partial charge in [-0.2, -0.15) is 0 Å². The van der Waals surface area contributed by atoms with Crippen molar-refractivity contribution < 1.29 is 174 Å². The molecule has 0 saturated carbocycles. The molecule has 0 aliphatic heterocycles. The molecule has 0 fully saturated rings. The van der Waals surface area contributed by atoms with Gasteiger partial charge in [-0.15, -0.1) is 0 Å². The molecule has 8 heteroatoms. The van der Waals surface area contributed by atoms with Crippen molar-refractivity contribution in [1.82, 2.24) is 0 Å². The van der Waals surface area contributed by atoms with Crippen molar-refractivity contribution >= 4 is 11.9 Å². The fraction of sp³-hybridized carbons (Fsp3) is 0.600. The Balaban J connectivity index is -0.000000135. The van der Waals surface area contributed by atoms with Crippen LogP contribution in [0.15, 0.2) is 0 Å². The van der Waals surface area contributed by atoms with Crippen molar-refractivity contribution in [3.8, 4) is 0 Å². The first-order chi connectivity index (χ1) is 4.54. The van der Waals surface area contributed by atoms with Crippen LogP contribution in [-0.4, -0.2) is 18.0 Å². The number of carboxylic acids is 2. The third kappa shape index (κ3) is 18.4. The number of nitrogens with two attached hydrogens (primary N) is 1. The van der Waals surface area contributed by atoms with Crippen LogP contribution in [0.4, 0.5) is 0 Å².